The van der Waals surface area contributed by atoms with E-state index in [2.05, 4.69) is 167 Å². The summed E-state index contributed by atoms with van der Waals surface area (Å²) in [6.07, 6.45) is 23.9. The second kappa shape index (κ2) is 13.9. The predicted octanol–water partition coefficient (Wildman–Crippen LogP) is 10.6. The summed E-state index contributed by atoms with van der Waals surface area (Å²) in [5.74, 6) is 0.579. The maximum atomic E-state index is 2.63. The van der Waals surface area contributed by atoms with Crippen molar-refractivity contribution < 1.29 is 0 Å². The van der Waals surface area contributed by atoms with Gasteiger partial charge in [0, 0.05) is 49.4 Å². The van der Waals surface area contributed by atoms with Crippen LogP contribution in [0.3, 0.4) is 0 Å². The van der Waals surface area contributed by atoms with Crippen molar-refractivity contribution in [2.45, 2.75) is 71.0 Å². The molecule has 2 nitrogen and oxygen atoms in total. The zero-order valence-electron chi connectivity index (χ0n) is 29.0. The SMILES string of the molecule is CCN(CC)c1ccc(C2C=CC=CC3=C2C=C(C)C3[SiH](C)C2C(C)=CC3=C2C=CC=CC3c2ccc(N(CC)CC)cc2)cc1. The van der Waals surface area contributed by atoms with E-state index in [9.17, 15) is 0 Å². The molecule has 3 heteroatoms. The van der Waals surface area contributed by atoms with Gasteiger partial charge in [0.2, 0.25) is 0 Å². The Morgan fingerprint density at radius 3 is 1.24 bits per heavy atom. The molecule has 238 valence electrons. The van der Waals surface area contributed by atoms with Gasteiger partial charge in [-0.15, -0.1) is 0 Å². The molecule has 2 aromatic carbocycles. The Labute approximate surface area is 280 Å². The summed E-state index contributed by atoms with van der Waals surface area (Å²) in [4.78, 5) is 4.84. The molecule has 0 radical (unpaired) electrons. The lowest BCUT2D eigenvalue weighted by molar-refractivity contribution is 0.865. The van der Waals surface area contributed by atoms with Crippen molar-refractivity contribution in [3.05, 3.63) is 154 Å². The van der Waals surface area contributed by atoms with Gasteiger partial charge >= 0.3 is 0 Å². The molecule has 0 saturated heterocycles. The minimum absolute atomic E-state index is 0.289. The number of hydrogen-bond acceptors (Lipinski definition) is 2. The van der Waals surface area contributed by atoms with E-state index in [1.807, 2.05) is 0 Å². The van der Waals surface area contributed by atoms with Crippen LogP contribution in [0.25, 0.3) is 0 Å². The quantitative estimate of drug-likeness (QED) is 0.243. The van der Waals surface area contributed by atoms with Gasteiger partial charge in [0.15, 0.2) is 0 Å². The first kappa shape index (κ1) is 32.1. The van der Waals surface area contributed by atoms with Crippen molar-refractivity contribution in [3.63, 3.8) is 0 Å². The Hall–Kier alpha value is -3.82. The number of hydrogen-bond donors (Lipinski definition) is 0. The third kappa shape index (κ3) is 5.91. The summed E-state index contributed by atoms with van der Waals surface area (Å²) in [5, 5.41) is 0. The normalized spacial score (nSPS) is 24.0. The van der Waals surface area contributed by atoms with Crippen LogP contribution < -0.4 is 9.80 Å². The number of rotatable bonds is 10. The highest BCUT2D eigenvalue weighted by Crippen LogP contribution is 2.53. The Kier molecular flexibility index (Phi) is 9.70. The first-order valence-electron chi connectivity index (χ1n) is 17.6. The number of benzene rings is 2. The van der Waals surface area contributed by atoms with E-state index < -0.39 is 8.80 Å². The van der Waals surface area contributed by atoms with Gasteiger partial charge in [0.05, 0.1) is 8.80 Å². The fourth-order valence-electron chi connectivity index (χ4n) is 8.63. The lowest BCUT2D eigenvalue weighted by atomic mass is 9.89. The summed E-state index contributed by atoms with van der Waals surface area (Å²) in [7, 11) is -1.38. The number of nitrogens with zero attached hydrogens (tertiary/aromatic N) is 2. The number of allylic oxidation sites excluding steroid dienone is 16. The summed E-state index contributed by atoms with van der Waals surface area (Å²) < 4.78 is 0. The lowest BCUT2D eigenvalue weighted by Crippen LogP contribution is -2.26. The van der Waals surface area contributed by atoms with Gasteiger partial charge in [-0.25, -0.2) is 0 Å². The Bertz CT molecular complexity index is 1540. The van der Waals surface area contributed by atoms with Crippen LogP contribution in [0.1, 0.15) is 64.5 Å². The summed E-state index contributed by atoms with van der Waals surface area (Å²) in [6, 6.07) is 18.7. The van der Waals surface area contributed by atoms with E-state index in [0.717, 1.165) is 26.2 Å². The third-order valence-electron chi connectivity index (χ3n) is 10.9. The van der Waals surface area contributed by atoms with Crippen LogP contribution in [-0.2, 0) is 0 Å². The van der Waals surface area contributed by atoms with Gasteiger partial charge in [-0.3, -0.25) is 0 Å². The Balaban J connectivity index is 1.31. The molecule has 4 aliphatic carbocycles. The molecule has 0 spiro atoms. The zero-order chi connectivity index (χ0) is 32.4. The molecule has 4 unspecified atom stereocenters. The van der Waals surface area contributed by atoms with E-state index in [1.54, 1.807) is 22.3 Å². The van der Waals surface area contributed by atoms with E-state index in [-0.39, 0.29) is 11.8 Å². The molecule has 2 aromatic rings. The first-order chi connectivity index (χ1) is 22.4. The van der Waals surface area contributed by atoms with Crippen molar-refractivity contribution >= 4 is 20.2 Å². The van der Waals surface area contributed by atoms with Crippen LogP contribution >= 0.6 is 0 Å². The largest absolute Gasteiger partial charge is 0.372 e. The van der Waals surface area contributed by atoms with Gasteiger partial charge in [-0.2, -0.15) is 0 Å². The van der Waals surface area contributed by atoms with E-state index in [0.29, 0.717) is 11.1 Å². The molecule has 0 fully saturated rings. The van der Waals surface area contributed by atoms with Crippen molar-refractivity contribution in [3.8, 4) is 0 Å². The first-order valence-corrected chi connectivity index (χ1v) is 20.1. The summed E-state index contributed by atoms with van der Waals surface area (Å²) >= 11 is 0. The van der Waals surface area contributed by atoms with Crippen LogP contribution in [0.5, 0.6) is 0 Å². The maximum absolute atomic E-state index is 2.63. The average molecular weight is 625 g/mol. The zero-order valence-corrected chi connectivity index (χ0v) is 30.2. The minimum atomic E-state index is -1.38. The highest BCUT2D eigenvalue weighted by molar-refractivity contribution is 6.64. The fraction of sp³-hybridized carbons (Fsp3) is 0.349. The third-order valence-corrected chi connectivity index (χ3v) is 14.8. The molecule has 0 bridgehead atoms. The van der Waals surface area contributed by atoms with Crippen LogP contribution in [0.2, 0.25) is 17.6 Å². The van der Waals surface area contributed by atoms with Crippen molar-refractivity contribution in [2.24, 2.45) is 0 Å². The molecule has 6 rings (SSSR count). The van der Waals surface area contributed by atoms with Crippen LogP contribution in [0.4, 0.5) is 11.4 Å². The molecule has 46 heavy (non-hydrogen) atoms. The summed E-state index contributed by atoms with van der Waals surface area (Å²) in [5.41, 5.74) is 15.7. The number of anilines is 2. The second-order valence-electron chi connectivity index (χ2n) is 13.4. The minimum Gasteiger partial charge on any atom is -0.372 e. The average Bonchev–Trinajstić information content (AvgIpc) is 3.38. The highest BCUT2D eigenvalue weighted by Gasteiger charge is 2.40. The van der Waals surface area contributed by atoms with Crippen LogP contribution in [-0.4, -0.2) is 35.0 Å². The molecule has 0 aromatic heterocycles. The van der Waals surface area contributed by atoms with Gasteiger partial charge in [0.25, 0.3) is 0 Å². The molecule has 0 saturated carbocycles. The van der Waals surface area contributed by atoms with Gasteiger partial charge < -0.3 is 9.80 Å². The van der Waals surface area contributed by atoms with Gasteiger partial charge in [-0.05, 0) is 110 Å². The lowest BCUT2D eigenvalue weighted by Gasteiger charge is -2.30. The second-order valence-corrected chi connectivity index (χ2v) is 16.4. The fourth-order valence-corrected chi connectivity index (χ4v) is 12.6. The van der Waals surface area contributed by atoms with Gasteiger partial charge in [0.1, 0.15) is 0 Å². The monoisotopic (exact) mass is 624 g/mol. The molecule has 4 aliphatic rings. The molecule has 0 N–H and O–H groups in total. The van der Waals surface area contributed by atoms with Gasteiger partial charge in [-0.1, -0.05) is 103 Å². The van der Waals surface area contributed by atoms with E-state index in [4.69, 9.17) is 0 Å². The Morgan fingerprint density at radius 2 is 0.891 bits per heavy atom. The molecule has 0 heterocycles. The summed E-state index contributed by atoms with van der Waals surface area (Å²) in [6.45, 7) is 20.5. The maximum Gasteiger partial charge on any atom is 0.0598 e. The smallest absolute Gasteiger partial charge is 0.0598 e. The van der Waals surface area contributed by atoms with E-state index in [1.165, 1.54) is 33.6 Å². The molecular weight excluding hydrogens is 573 g/mol. The predicted molar refractivity (Wildman–Crippen MR) is 204 cm³/mol. The van der Waals surface area contributed by atoms with Crippen molar-refractivity contribution in [1.82, 2.24) is 0 Å². The van der Waals surface area contributed by atoms with Crippen LogP contribution in [0, 0.1) is 0 Å². The highest BCUT2D eigenvalue weighted by atomic mass is 28.3. The van der Waals surface area contributed by atoms with Crippen molar-refractivity contribution in [1.29, 1.82) is 0 Å². The molecular formula is C43H52N2Si. The van der Waals surface area contributed by atoms with Crippen LogP contribution in [0.15, 0.2) is 143 Å². The van der Waals surface area contributed by atoms with Crippen molar-refractivity contribution in [2.75, 3.05) is 36.0 Å². The topological polar surface area (TPSA) is 6.48 Å². The Morgan fingerprint density at radius 1 is 0.522 bits per heavy atom. The molecule has 0 amide bonds. The standard InChI is InChI=1S/C43H52N2Si/c1-8-44(9-2)34-24-20-32(21-25-34)36-16-12-14-18-38-40(36)28-30(5)42(38)46(7)43-31(6)29-41-37(17-13-15-19-39(41)43)33-22-26-35(27-23-33)45(10-3)11-4/h12-29,36-37,42-43,46H,8-11H2,1-7H3. The molecule has 4 atom stereocenters. The van der Waals surface area contributed by atoms with E-state index >= 15 is 0 Å². The molecule has 0 aliphatic heterocycles.